The zero-order valence-corrected chi connectivity index (χ0v) is 15.6. The second-order valence-electron chi connectivity index (χ2n) is 6.62. The van der Waals surface area contributed by atoms with Gasteiger partial charge in [0.15, 0.2) is 0 Å². The largest absolute Gasteiger partial charge is 0.373 e. The van der Waals surface area contributed by atoms with Crippen LogP contribution in [-0.4, -0.2) is 50.7 Å². The summed E-state index contributed by atoms with van der Waals surface area (Å²) in [5.74, 6) is 0.0514. The van der Waals surface area contributed by atoms with E-state index in [0.717, 1.165) is 16.8 Å². The molecule has 1 fully saturated rings. The number of hydrogen-bond donors (Lipinski definition) is 2. The van der Waals surface area contributed by atoms with Crippen molar-refractivity contribution in [1.82, 2.24) is 9.62 Å². The van der Waals surface area contributed by atoms with Crippen LogP contribution < -0.4 is 10.0 Å². The third-order valence-electron chi connectivity index (χ3n) is 4.40. The summed E-state index contributed by atoms with van der Waals surface area (Å²) in [6.45, 7) is 7.06. The van der Waals surface area contributed by atoms with Crippen molar-refractivity contribution in [2.75, 3.05) is 24.7 Å². The quantitative estimate of drug-likeness (QED) is 0.844. The van der Waals surface area contributed by atoms with Crippen molar-refractivity contribution < 1.29 is 13.2 Å². The number of anilines is 1. The van der Waals surface area contributed by atoms with Crippen molar-refractivity contribution in [1.29, 1.82) is 0 Å². The monoisotopic (exact) mass is 353 g/mol. The number of benzene rings is 1. The first kappa shape index (κ1) is 18.7. The molecule has 1 aromatic carbocycles. The van der Waals surface area contributed by atoms with E-state index in [1.807, 2.05) is 43.9 Å². The van der Waals surface area contributed by atoms with Gasteiger partial charge in [0.25, 0.3) is 0 Å². The molecule has 1 aliphatic heterocycles. The van der Waals surface area contributed by atoms with Crippen molar-refractivity contribution >= 4 is 21.6 Å². The first-order valence-corrected chi connectivity index (χ1v) is 10.2. The Morgan fingerprint density at radius 1 is 1.21 bits per heavy atom. The molecule has 24 heavy (non-hydrogen) atoms. The molecular formula is C17H27N3O3S. The second-order valence-corrected chi connectivity index (χ2v) is 8.40. The lowest BCUT2D eigenvalue weighted by Gasteiger charge is -2.34. The highest BCUT2D eigenvalue weighted by Gasteiger charge is 2.27. The Morgan fingerprint density at radius 2 is 1.75 bits per heavy atom. The first-order chi connectivity index (χ1) is 11.2. The van der Waals surface area contributed by atoms with Gasteiger partial charge in [-0.05, 0) is 44.7 Å². The molecule has 1 amide bonds. The molecule has 2 rings (SSSR count). The summed E-state index contributed by atoms with van der Waals surface area (Å²) >= 11 is 0. The molecule has 0 saturated carbocycles. The predicted molar refractivity (Wildman–Crippen MR) is 96.6 cm³/mol. The van der Waals surface area contributed by atoms with Crippen molar-refractivity contribution in [2.45, 2.75) is 45.7 Å². The number of para-hydroxylation sites is 1. The van der Waals surface area contributed by atoms with Gasteiger partial charge in [0.2, 0.25) is 15.9 Å². The number of piperidine rings is 1. The highest BCUT2D eigenvalue weighted by atomic mass is 32.2. The number of rotatable bonds is 5. The minimum atomic E-state index is -3.19. The van der Waals surface area contributed by atoms with Gasteiger partial charge in [0.05, 0.1) is 6.26 Å². The van der Waals surface area contributed by atoms with Gasteiger partial charge in [0.1, 0.15) is 6.04 Å². The molecule has 0 aliphatic carbocycles. The first-order valence-electron chi connectivity index (χ1n) is 8.26. The lowest BCUT2D eigenvalue weighted by atomic mass is 10.0. The van der Waals surface area contributed by atoms with Gasteiger partial charge in [-0.1, -0.05) is 18.2 Å². The highest BCUT2D eigenvalue weighted by molar-refractivity contribution is 7.88. The number of carbonyl (C=O) groups excluding carboxylic acids is 1. The van der Waals surface area contributed by atoms with Crippen LogP contribution in [0.1, 0.15) is 30.9 Å². The predicted octanol–water partition coefficient (Wildman–Crippen LogP) is 1.64. The fourth-order valence-electron chi connectivity index (χ4n) is 3.11. The Morgan fingerprint density at radius 3 is 2.25 bits per heavy atom. The Balaban J connectivity index is 1.93. The molecule has 134 valence electrons. The number of nitrogens with one attached hydrogen (secondary N) is 2. The van der Waals surface area contributed by atoms with Crippen molar-refractivity contribution in [3.8, 4) is 0 Å². The zero-order valence-electron chi connectivity index (χ0n) is 14.8. The van der Waals surface area contributed by atoms with Gasteiger partial charge >= 0.3 is 0 Å². The summed E-state index contributed by atoms with van der Waals surface area (Å²) in [7, 11) is -3.19. The maximum Gasteiger partial charge on any atom is 0.244 e. The molecule has 2 N–H and O–H groups in total. The molecule has 6 nitrogen and oxygen atoms in total. The van der Waals surface area contributed by atoms with E-state index in [9.17, 15) is 13.2 Å². The van der Waals surface area contributed by atoms with Crippen molar-refractivity contribution in [2.24, 2.45) is 0 Å². The molecule has 1 atom stereocenters. The summed E-state index contributed by atoms with van der Waals surface area (Å²) in [4.78, 5) is 14.5. The van der Waals surface area contributed by atoms with Gasteiger partial charge in [-0.15, -0.1) is 0 Å². The molecular weight excluding hydrogens is 326 g/mol. The zero-order chi connectivity index (χ0) is 17.9. The number of sulfonamides is 1. The average Bonchev–Trinajstić information content (AvgIpc) is 2.49. The van der Waals surface area contributed by atoms with E-state index in [2.05, 4.69) is 10.0 Å². The van der Waals surface area contributed by atoms with E-state index in [4.69, 9.17) is 0 Å². The normalized spacial score (nSPS) is 17.6. The molecule has 1 saturated heterocycles. The lowest BCUT2D eigenvalue weighted by Crippen LogP contribution is -2.49. The molecule has 1 aromatic rings. The van der Waals surface area contributed by atoms with Gasteiger partial charge in [-0.2, -0.15) is 0 Å². The fraction of sp³-hybridized carbons (Fsp3) is 0.588. The molecule has 0 spiro atoms. The minimum absolute atomic E-state index is 0.0514. The number of nitrogens with zero attached hydrogens (tertiary/aromatic N) is 1. The number of amides is 1. The van der Waals surface area contributed by atoms with E-state index >= 15 is 0 Å². The Labute approximate surface area is 144 Å². The van der Waals surface area contributed by atoms with Crippen LogP contribution in [0.15, 0.2) is 18.2 Å². The number of aryl methyl sites for hydroxylation is 2. The van der Waals surface area contributed by atoms with Crippen LogP contribution in [0.2, 0.25) is 0 Å². The van der Waals surface area contributed by atoms with Crippen LogP contribution >= 0.6 is 0 Å². The summed E-state index contributed by atoms with van der Waals surface area (Å²) < 4.78 is 25.2. The summed E-state index contributed by atoms with van der Waals surface area (Å²) in [5, 5.41) is 3.32. The number of likely N-dealkylation sites (tertiary alicyclic amines) is 1. The van der Waals surface area contributed by atoms with Crippen LogP contribution in [0, 0.1) is 13.8 Å². The van der Waals surface area contributed by atoms with Gasteiger partial charge in [-0.3, -0.25) is 4.79 Å². The molecule has 0 aromatic heterocycles. The summed E-state index contributed by atoms with van der Waals surface area (Å²) in [6.07, 6.45) is 2.46. The second kappa shape index (κ2) is 7.53. The van der Waals surface area contributed by atoms with Crippen LogP contribution in [0.5, 0.6) is 0 Å². The maximum atomic E-state index is 12.6. The van der Waals surface area contributed by atoms with E-state index in [0.29, 0.717) is 25.9 Å². The lowest BCUT2D eigenvalue weighted by molar-refractivity contribution is -0.132. The third kappa shape index (κ3) is 4.95. The maximum absolute atomic E-state index is 12.6. The van der Waals surface area contributed by atoms with Gasteiger partial charge in [-0.25, -0.2) is 13.1 Å². The van der Waals surface area contributed by atoms with Crippen LogP contribution in [0.25, 0.3) is 0 Å². The van der Waals surface area contributed by atoms with E-state index < -0.39 is 10.0 Å². The topological polar surface area (TPSA) is 78.5 Å². The third-order valence-corrected chi connectivity index (χ3v) is 5.16. The Hall–Kier alpha value is -1.60. The molecule has 1 aliphatic rings. The highest BCUT2D eigenvalue weighted by Crippen LogP contribution is 2.21. The van der Waals surface area contributed by atoms with Crippen molar-refractivity contribution in [3.05, 3.63) is 29.3 Å². The Bertz CT molecular complexity index is 675. The molecule has 7 heteroatoms. The Kier molecular flexibility index (Phi) is 5.87. The molecule has 0 unspecified atom stereocenters. The van der Waals surface area contributed by atoms with Crippen LogP contribution in [-0.2, 0) is 14.8 Å². The average molecular weight is 353 g/mol. The fourth-order valence-corrected chi connectivity index (χ4v) is 3.96. The number of hydrogen-bond acceptors (Lipinski definition) is 4. The standard InChI is InChI=1S/C17H27N3O3S/c1-12-6-5-7-13(2)16(12)18-14(3)17(21)20-10-8-15(9-11-20)19-24(4,22)23/h5-7,14-15,18-19H,8-11H2,1-4H3/t14-/m0/s1. The summed E-state index contributed by atoms with van der Waals surface area (Å²) in [6, 6.07) is 5.65. The molecule has 1 heterocycles. The van der Waals surface area contributed by atoms with Crippen molar-refractivity contribution in [3.63, 3.8) is 0 Å². The smallest absolute Gasteiger partial charge is 0.244 e. The van der Waals surface area contributed by atoms with E-state index in [1.165, 1.54) is 6.26 Å². The van der Waals surface area contributed by atoms with E-state index in [1.54, 1.807) is 0 Å². The van der Waals surface area contributed by atoms with Crippen LogP contribution in [0.4, 0.5) is 5.69 Å². The van der Waals surface area contributed by atoms with Crippen LogP contribution in [0.3, 0.4) is 0 Å². The number of carbonyl (C=O) groups is 1. The van der Waals surface area contributed by atoms with Gasteiger partial charge < -0.3 is 10.2 Å². The molecule has 0 bridgehead atoms. The van der Waals surface area contributed by atoms with Gasteiger partial charge in [0, 0.05) is 24.8 Å². The summed E-state index contributed by atoms with van der Waals surface area (Å²) in [5.41, 5.74) is 3.24. The molecule has 0 radical (unpaired) electrons. The minimum Gasteiger partial charge on any atom is -0.373 e. The SMILES string of the molecule is Cc1cccc(C)c1N[C@@H](C)C(=O)N1CCC(NS(C)(=O)=O)CC1. The van der Waals surface area contributed by atoms with E-state index in [-0.39, 0.29) is 18.0 Å².